The Morgan fingerprint density at radius 3 is 2.43 bits per heavy atom. The van der Waals surface area contributed by atoms with E-state index in [0.29, 0.717) is 5.75 Å². The van der Waals surface area contributed by atoms with Gasteiger partial charge in [-0.2, -0.15) is 0 Å². The standard InChI is InChI=1S/C32H37NO14/c1-14(34)40-23-24(41-15(2)35)26-29(44-25(23)28(36)38-5)47-31(3,46-26)45-20-10-8-17-18-13-16-7-9-19(42-30(37)39-6)22-21(16)32(17,27(20)43-22)11-12-33(18)4/h7-10,17-18,20,23-27,29H,11-13H2,1-6H3/t17-,18+,20-,23-,24-,25-,26+,27-,29+,31?,32-/m0/s1. The summed E-state index contributed by atoms with van der Waals surface area (Å²) in [7, 11) is 4.51. The molecule has 2 aliphatic carbocycles. The Hall–Kier alpha value is -3.76. The number of hydrogen-bond donors (Lipinski definition) is 0. The molecule has 11 atom stereocenters. The van der Waals surface area contributed by atoms with Crippen LogP contribution in [0.25, 0.3) is 0 Å². The van der Waals surface area contributed by atoms with E-state index in [0.717, 1.165) is 44.5 Å². The number of nitrogens with zero attached hydrogens (tertiary/aromatic N) is 1. The third-order valence-corrected chi connectivity index (χ3v) is 10.0. The summed E-state index contributed by atoms with van der Waals surface area (Å²) in [6, 6.07) is 3.90. The van der Waals surface area contributed by atoms with Gasteiger partial charge in [0.05, 0.1) is 14.2 Å². The minimum Gasteiger partial charge on any atom is -0.482 e. The third-order valence-electron chi connectivity index (χ3n) is 10.0. The summed E-state index contributed by atoms with van der Waals surface area (Å²) in [5.74, 6) is -3.31. The number of carbonyl (C=O) groups excluding carboxylic acids is 4. The van der Waals surface area contributed by atoms with Gasteiger partial charge in [-0.1, -0.05) is 18.2 Å². The lowest BCUT2D eigenvalue weighted by Gasteiger charge is -2.57. The van der Waals surface area contributed by atoms with Crippen molar-refractivity contribution < 1.29 is 66.5 Å². The number of likely N-dealkylation sites (tertiary alicyclic amines) is 1. The molecule has 0 amide bonds. The Kier molecular flexibility index (Phi) is 7.75. The first-order chi connectivity index (χ1) is 22.4. The number of hydrogen-bond acceptors (Lipinski definition) is 15. The molecule has 0 aromatic heterocycles. The van der Waals surface area contributed by atoms with Gasteiger partial charge in [-0.05, 0) is 38.1 Å². The summed E-state index contributed by atoms with van der Waals surface area (Å²) in [4.78, 5) is 51.4. The Morgan fingerprint density at radius 2 is 1.72 bits per heavy atom. The van der Waals surface area contributed by atoms with E-state index >= 15 is 0 Å². The van der Waals surface area contributed by atoms with E-state index in [9.17, 15) is 19.2 Å². The molecule has 1 unspecified atom stereocenters. The molecule has 1 aromatic rings. The monoisotopic (exact) mass is 659 g/mol. The van der Waals surface area contributed by atoms with Crippen molar-refractivity contribution in [1.29, 1.82) is 0 Å². The molecule has 15 nitrogen and oxygen atoms in total. The van der Waals surface area contributed by atoms with Crippen LogP contribution in [0.5, 0.6) is 11.5 Å². The van der Waals surface area contributed by atoms with Crippen molar-refractivity contribution in [3.63, 3.8) is 0 Å². The quantitative estimate of drug-likeness (QED) is 0.187. The molecular weight excluding hydrogens is 622 g/mol. The van der Waals surface area contributed by atoms with Crippen molar-refractivity contribution in [2.75, 3.05) is 27.8 Å². The second kappa shape index (κ2) is 11.4. The lowest BCUT2D eigenvalue weighted by atomic mass is 9.53. The number of benzene rings is 1. The molecule has 4 aliphatic heterocycles. The van der Waals surface area contributed by atoms with Crippen molar-refractivity contribution in [2.24, 2.45) is 5.92 Å². The molecule has 7 rings (SSSR count). The highest BCUT2D eigenvalue weighted by molar-refractivity contribution is 5.77. The van der Waals surface area contributed by atoms with Crippen LogP contribution in [0.1, 0.15) is 38.3 Å². The molecular formula is C32H37NO14. The molecule has 6 aliphatic rings. The second-order valence-corrected chi connectivity index (χ2v) is 12.7. The molecule has 0 N–H and O–H groups in total. The van der Waals surface area contributed by atoms with Crippen LogP contribution in [0.15, 0.2) is 24.3 Å². The van der Waals surface area contributed by atoms with Gasteiger partial charge in [0.25, 0.3) is 5.97 Å². The minimum absolute atomic E-state index is 0.0796. The van der Waals surface area contributed by atoms with Crippen LogP contribution in [0.3, 0.4) is 0 Å². The molecule has 47 heavy (non-hydrogen) atoms. The number of methoxy groups -OCH3 is 2. The van der Waals surface area contributed by atoms with Gasteiger partial charge in [0.2, 0.25) is 0 Å². The highest BCUT2D eigenvalue weighted by atomic mass is 16.9. The van der Waals surface area contributed by atoms with Gasteiger partial charge < -0.3 is 47.5 Å². The van der Waals surface area contributed by atoms with E-state index in [1.165, 1.54) is 21.0 Å². The summed E-state index contributed by atoms with van der Waals surface area (Å²) >= 11 is 0. The van der Waals surface area contributed by atoms with Gasteiger partial charge in [0.15, 0.2) is 42.2 Å². The molecule has 15 heteroatoms. The van der Waals surface area contributed by atoms with E-state index in [1.54, 1.807) is 6.07 Å². The fourth-order valence-corrected chi connectivity index (χ4v) is 8.29. The first-order valence-electron chi connectivity index (χ1n) is 15.5. The van der Waals surface area contributed by atoms with Crippen molar-refractivity contribution in [3.05, 3.63) is 35.4 Å². The van der Waals surface area contributed by atoms with E-state index < -0.39 is 78.4 Å². The van der Waals surface area contributed by atoms with E-state index in [1.807, 2.05) is 12.1 Å². The zero-order valence-corrected chi connectivity index (χ0v) is 26.8. The van der Waals surface area contributed by atoms with Crippen LogP contribution < -0.4 is 9.47 Å². The Labute approximate surface area is 270 Å². The summed E-state index contributed by atoms with van der Waals surface area (Å²) < 4.78 is 57.7. The van der Waals surface area contributed by atoms with Crippen LogP contribution in [0, 0.1) is 5.92 Å². The summed E-state index contributed by atoms with van der Waals surface area (Å²) in [6.07, 6.45) is -3.15. The maximum Gasteiger partial charge on any atom is 0.513 e. The van der Waals surface area contributed by atoms with Crippen molar-refractivity contribution in [2.45, 2.75) is 94.0 Å². The molecule has 3 saturated heterocycles. The normalized spacial score (nSPS) is 39.1. The SMILES string of the molecule is COC(=O)Oc1ccc2c3c1O[C@H]1[C@@H](OC4(C)O[C@H]5O[C@H](C(=O)OC)[C@@H](OC(C)=O)[C@H](OC(C)=O)[C@H]5O4)C=C[C@H]4[C@@H](C2)N(C)CC[C@@]341. The van der Waals surface area contributed by atoms with Gasteiger partial charge >= 0.3 is 24.1 Å². The minimum atomic E-state index is -1.80. The van der Waals surface area contributed by atoms with Crippen LogP contribution in [0.4, 0.5) is 4.79 Å². The molecule has 1 spiro atoms. The van der Waals surface area contributed by atoms with Crippen molar-refractivity contribution >= 4 is 24.1 Å². The van der Waals surface area contributed by atoms with Gasteiger partial charge in [0, 0.05) is 43.7 Å². The average Bonchev–Trinajstić information content (AvgIpc) is 3.55. The molecule has 3 fully saturated rings. The average molecular weight is 660 g/mol. The second-order valence-electron chi connectivity index (χ2n) is 12.7. The van der Waals surface area contributed by atoms with Gasteiger partial charge in [-0.15, -0.1) is 0 Å². The third kappa shape index (κ3) is 4.98. The predicted molar refractivity (Wildman–Crippen MR) is 154 cm³/mol. The summed E-state index contributed by atoms with van der Waals surface area (Å²) in [5.41, 5.74) is 1.59. The lowest BCUT2D eigenvalue weighted by Crippen LogP contribution is -2.65. The van der Waals surface area contributed by atoms with Gasteiger partial charge in [-0.3, -0.25) is 14.3 Å². The molecule has 1 aromatic carbocycles. The Balaban J connectivity index is 1.22. The Morgan fingerprint density at radius 1 is 0.979 bits per heavy atom. The smallest absolute Gasteiger partial charge is 0.482 e. The number of rotatable bonds is 6. The van der Waals surface area contributed by atoms with E-state index in [2.05, 4.69) is 18.0 Å². The van der Waals surface area contributed by atoms with E-state index in [4.69, 9.17) is 47.4 Å². The zero-order valence-electron chi connectivity index (χ0n) is 26.8. The number of fused-ring (bicyclic) bond motifs is 1. The zero-order chi connectivity index (χ0) is 33.4. The van der Waals surface area contributed by atoms with Crippen LogP contribution in [-0.2, 0) is 64.1 Å². The topological polar surface area (TPSA) is 164 Å². The number of likely N-dealkylation sites (N-methyl/N-ethyl adjacent to an activating group) is 1. The van der Waals surface area contributed by atoms with Crippen molar-refractivity contribution in [3.8, 4) is 11.5 Å². The number of esters is 3. The van der Waals surface area contributed by atoms with Crippen LogP contribution in [0.2, 0.25) is 0 Å². The molecule has 0 radical (unpaired) electrons. The number of carbonyl (C=O) groups is 4. The summed E-state index contributed by atoms with van der Waals surface area (Å²) in [5, 5.41) is 0. The highest BCUT2D eigenvalue weighted by Gasteiger charge is 2.67. The van der Waals surface area contributed by atoms with Crippen LogP contribution >= 0.6 is 0 Å². The molecule has 2 bridgehead atoms. The number of ether oxygens (including phenoxy) is 10. The molecule has 4 heterocycles. The maximum absolute atomic E-state index is 12.7. The maximum atomic E-state index is 12.7. The highest BCUT2D eigenvalue weighted by Crippen LogP contribution is 2.63. The molecule has 0 saturated carbocycles. The van der Waals surface area contributed by atoms with Gasteiger partial charge in [-0.25, -0.2) is 9.59 Å². The summed E-state index contributed by atoms with van der Waals surface area (Å²) in [6.45, 7) is 4.67. The Bertz CT molecular complexity index is 1530. The molecule has 254 valence electrons. The first kappa shape index (κ1) is 31.8. The van der Waals surface area contributed by atoms with E-state index in [-0.39, 0.29) is 17.7 Å². The fraction of sp³-hybridized carbons (Fsp3) is 0.625. The van der Waals surface area contributed by atoms with Gasteiger partial charge in [0.1, 0.15) is 12.2 Å². The number of piperidine rings is 1. The fourth-order valence-electron chi connectivity index (χ4n) is 8.29. The van der Waals surface area contributed by atoms with Crippen molar-refractivity contribution in [1.82, 2.24) is 4.90 Å². The first-order valence-corrected chi connectivity index (χ1v) is 15.5. The van der Waals surface area contributed by atoms with Crippen LogP contribution in [-0.4, -0.2) is 112 Å². The predicted octanol–water partition coefficient (Wildman–Crippen LogP) is 1.51. The lowest BCUT2D eigenvalue weighted by molar-refractivity contribution is -0.360. The largest absolute Gasteiger partial charge is 0.513 e.